The van der Waals surface area contributed by atoms with Gasteiger partial charge in [0.1, 0.15) is 0 Å². The van der Waals surface area contributed by atoms with Crippen LogP contribution >= 0.6 is 0 Å². The van der Waals surface area contributed by atoms with Crippen LogP contribution in [0.2, 0.25) is 0 Å². The summed E-state index contributed by atoms with van der Waals surface area (Å²) in [4.78, 5) is 0. The minimum Gasteiger partial charge on any atom is -0.305 e. The largest absolute Gasteiger partial charge is 0.305 e. The molecule has 104 valence electrons. The Hall–Kier alpha value is -0.820. The summed E-state index contributed by atoms with van der Waals surface area (Å²) < 4.78 is 0. The average molecular weight is 257 g/mol. The van der Waals surface area contributed by atoms with E-state index in [2.05, 4.69) is 84.1 Å². The number of rotatable bonds is 1. The minimum absolute atomic E-state index is 0.107. The van der Waals surface area contributed by atoms with Gasteiger partial charge < -0.3 is 5.32 Å². The van der Waals surface area contributed by atoms with Crippen LogP contribution in [0.15, 0.2) is 30.3 Å². The van der Waals surface area contributed by atoms with Crippen LogP contribution in [0.5, 0.6) is 0 Å². The highest BCUT2D eigenvalue weighted by atomic mass is 15.2. The van der Waals surface area contributed by atoms with Crippen LogP contribution in [-0.4, -0.2) is 11.1 Å². The maximum atomic E-state index is 3.90. The fraction of sp³-hybridized carbons (Fsp3) is 0.667. The topological polar surface area (TPSA) is 12.0 Å². The van der Waals surface area contributed by atoms with Gasteiger partial charge in [0, 0.05) is 21.9 Å². The number of hydrogen-bond acceptors (Lipinski definition) is 1. The van der Waals surface area contributed by atoms with E-state index in [1.807, 2.05) is 0 Å². The third kappa shape index (κ3) is 1.02. The Balaban J connectivity index is 2.31. The monoisotopic (exact) mass is 257 g/mol. The maximum absolute atomic E-state index is 3.90. The third-order valence-corrected chi connectivity index (χ3v) is 6.89. The molecule has 0 spiro atoms. The van der Waals surface area contributed by atoms with Gasteiger partial charge in [0.15, 0.2) is 0 Å². The van der Waals surface area contributed by atoms with Crippen molar-refractivity contribution in [1.29, 1.82) is 0 Å². The summed E-state index contributed by atoms with van der Waals surface area (Å²) in [5, 5.41) is 3.90. The molecule has 1 saturated carbocycles. The number of hydrogen-bond donors (Lipinski definition) is 1. The van der Waals surface area contributed by atoms with E-state index < -0.39 is 0 Å². The van der Waals surface area contributed by atoms with Crippen LogP contribution in [-0.2, 0) is 5.41 Å². The zero-order valence-corrected chi connectivity index (χ0v) is 13.4. The normalized spacial score (nSPS) is 40.8. The summed E-state index contributed by atoms with van der Waals surface area (Å²) in [5.41, 5.74) is 2.53. The minimum atomic E-state index is 0.107. The van der Waals surface area contributed by atoms with Crippen molar-refractivity contribution < 1.29 is 0 Å². The molecule has 1 N–H and O–H groups in total. The molecule has 1 aromatic rings. The third-order valence-electron chi connectivity index (χ3n) is 6.89. The number of fused-ring (bicyclic) bond motifs is 1. The molecule has 2 unspecified atom stereocenters. The SMILES string of the molecule is CC1(C)NC(C)(C)C2(c3ccccc3)C(C)(C)C12C. The summed E-state index contributed by atoms with van der Waals surface area (Å²) in [6.45, 7) is 16.9. The van der Waals surface area contributed by atoms with E-state index in [0.29, 0.717) is 5.41 Å². The lowest BCUT2D eigenvalue weighted by Gasteiger charge is -2.40. The van der Waals surface area contributed by atoms with Gasteiger partial charge in [-0.1, -0.05) is 51.1 Å². The highest BCUT2D eigenvalue weighted by Crippen LogP contribution is 2.87. The van der Waals surface area contributed by atoms with Gasteiger partial charge >= 0.3 is 0 Å². The fourth-order valence-corrected chi connectivity index (χ4v) is 6.45. The second-order valence-electron chi connectivity index (χ2n) is 8.24. The fourth-order valence-electron chi connectivity index (χ4n) is 6.45. The summed E-state index contributed by atoms with van der Waals surface area (Å²) >= 11 is 0. The Bertz CT molecular complexity index is 516. The Labute approximate surface area is 117 Å². The van der Waals surface area contributed by atoms with Crippen LogP contribution < -0.4 is 5.32 Å². The molecule has 2 fully saturated rings. The van der Waals surface area contributed by atoms with Gasteiger partial charge in [-0.25, -0.2) is 0 Å². The molecule has 0 radical (unpaired) electrons. The van der Waals surface area contributed by atoms with Crippen LogP contribution in [0.3, 0.4) is 0 Å². The Morgan fingerprint density at radius 2 is 1.26 bits per heavy atom. The van der Waals surface area contributed by atoms with E-state index in [0.717, 1.165) is 0 Å². The highest BCUT2D eigenvalue weighted by molar-refractivity contribution is 5.55. The zero-order chi connectivity index (χ0) is 14.3. The molecule has 1 aliphatic heterocycles. The second-order valence-corrected chi connectivity index (χ2v) is 8.24. The predicted molar refractivity (Wildman–Crippen MR) is 81.3 cm³/mol. The lowest BCUT2D eigenvalue weighted by atomic mass is 9.73. The predicted octanol–water partition coefficient (Wildman–Crippen LogP) is 4.13. The first-order chi connectivity index (χ1) is 8.56. The van der Waals surface area contributed by atoms with Crippen LogP contribution in [0, 0.1) is 10.8 Å². The molecule has 3 rings (SSSR count). The summed E-state index contributed by atoms with van der Waals surface area (Å²) in [6, 6.07) is 11.1. The van der Waals surface area contributed by atoms with Crippen LogP contribution in [0.4, 0.5) is 0 Å². The van der Waals surface area contributed by atoms with E-state index >= 15 is 0 Å². The van der Waals surface area contributed by atoms with E-state index in [4.69, 9.17) is 0 Å². The molecule has 2 atom stereocenters. The van der Waals surface area contributed by atoms with Crippen molar-refractivity contribution in [3.8, 4) is 0 Å². The quantitative estimate of drug-likeness (QED) is 0.797. The van der Waals surface area contributed by atoms with E-state index in [1.54, 1.807) is 0 Å². The molecule has 0 amide bonds. The number of benzene rings is 1. The highest BCUT2D eigenvalue weighted by Gasteiger charge is 2.92. The van der Waals surface area contributed by atoms with Gasteiger partial charge in [-0.05, 0) is 38.7 Å². The first-order valence-electron chi connectivity index (χ1n) is 7.41. The van der Waals surface area contributed by atoms with Crippen molar-refractivity contribution in [2.45, 2.75) is 65.0 Å². The molecule has 19 heavy (non-hydrogen) atoms. The van der Waals surface area contributed by atoms with Gasteiger partial charge in [0.25, 0.3) is 0 Å². The van der Waals surface area contributed by atoms with Crippen molar-refractivity contribution in [3.63, 3.8) is 0 Å². The lowest BCUT2D eigenvalue weighted by molar-refractivity contribution is 0.182. The molecule has 1 heteroatoms. The Morgan fingerprint density at radius 3 is 1.68 bits per heavy atom. The summed E-state index contributed by atoms with van der Waals surface area (Å²) in [5.74, 6) is 0. The van der Waals surface area contributed by atoms with Crippen molar-refractivity contribution in [1.82, 2.24) is 5.32 Å². The van der Waals surface area contributed by atoms with Crippen LogP contribution in [0.25, 0.3) is 0 Å². The number of nitrogens with one attached hydrogen (secondary N) is 1. The van der Waals surface area contributed by atoms with Crippen LogP contribution in [0.1, 0.15) is 54.0 Å². The molecule has 1 heterocycles. The van der Waals surface area contributed by atoms with Crippen molar-refractivity contribution in [2.24, 2.45) is 10.8 Å². The molecule has 1 aliphatic carbocycles. The van der Waals surface area contributed by atoms with E-state index in [9.17, 15) is 0 Å². The molecule has 1 nitrogen and oxygen atoms in total. The average Bonchev–Trinajstić information content (AvgIpc) is 2.64. The summed E-state index contributed by atoms with van der Waals surface area (Å²) in [7, 11) is 0. The van der Waals surface area contributed by atoms with E-state index in [-0.39, 0.29) is 21.9 Å². The summed E-state index contributed by atoms with van der Waals surface area (Å²) in [6.07, 6.45) is 0. The van der Waals surface area contributed by atoms with Gasteiger partial charge in [0.2, 0.25) is 0 Å². The molecule has 0 aromatic heterocycles. The lowest BCUT2D eigenvalue weighted by Crippen LogP contribution is -2.55. The Kier molecular flexibility index (Phi) is 2.14. The molecule has 1 aromatic carbocycles. The second kappa shape index (κ2) is 3.09. The van der Waals surface area contributed by atoms with Crippen molar-refractivity contribution in [3.05, 3.63) is 35.9 Å². The smallest absolute Gasteiger partial charge is 0.0263 e. The molecule has 0 bridgehead atoms. The van der Waals surface area contributed by atoms with Gasteiger partial charge in [-0.3, -0.25) is 0 Å². The Morgan fingerprint density at radius 1 is 0.737 bits per heavy atom. The molecular weight excluding hydrogens is 230 g/mol. The maximum Gasteiger partial charge on any atom is 0.0263 e. The zero-order valence-electron chi connectivity index (χ0n) is 13.4. The molecular formula is C18H27N. The van der Waals surface area contributed by atoms with Crippen molar-refractivity contribution in [2.75, 3.05) is 0 Å². The standard InChI is InChI=1S/C18H27N/c1-14(2)17(7)15(3,4)19-16(5,6)18(14,17)13-11-9-8-10-12-13/h8-12,19H,1-7H3. The van der Waals surface area contributed by atoms with E-state index in [1.165, 1.54) is 5.56 Å². The van der Waals surface area contributed by atoms with Gasteiger partial charge in [-0.15, -0.1) is 0 Å². The van der Waals surface area contributed by atoms with Gasteiger partial charge in [-0.2, -0.15) is 0 Å². The molecule has 2 aliphatic rings. The molecule has 1 saturated heterocycles. The number of piperidine rings is 1. The van der Waals surface area contributed by atoms with Crippen molar-refractivity contribution >= 4 is 0 Å². The van der Waals surface area contributed by atoms with Gasteiger partial charge in [0.05, 0.1) is 0 Å². The first kappa shape index (κ1) is 13.2. The first-order valence-corrected chi connectivity index (χ1v) is 7.41.